The van der Waals surface area contributed by atoms with Crippen LogP contribution in [0.4, 0.5) is 16.3 Å². The number of non-ortho nitro benzene ring substituents is 1. The van der Waals surface area contributed by atoms with Gasteiger partial charge in [0, 0.05) is 48.6 Å². The fourth-order valence-electron chi connectivity index (χ4n) is 3.16. The number of nitro groups is 1. The molecule has 0 saturated carbocycles. The number of hydrogen-bond acceptors (Lipinski definition) is 7. The zero-order valence-corrected chi connectivity index (χ0v) is 15.9. The third-order valence-corrected chi connectivity index (χ3v) is 4.76. The summed E-state index contributed by atoms with van der Waals surface area (Å²) in [4.78, 5) is 32.8. The summed E-state index contributed by atoms with van der Waals surface area (Å²) in [6.45, 7) is 3.27. The van der Waals surface area contributed by atoms with Gasteiger partial charge in [-0.05, 0) is 31.4 Å². The van der Waals surface area contributed by atoms with E-state index in [2.05, 4.69) is 15.3 Å². The molecule has 1 saturated heterocycles. The first-order chi connectivity index (χ1) is 13.5. The number of hydrogen-bond donors (Lipinski definition) is 1. The van der Waals surface area contributed by atoms with Crippen molar-refractivity contribution in [3.05, 3.63) is 46.1 Å². The summed E-state index contributed by atoms with van der Waals surface area (Å²) in [5.41, 5.74) is 1.65. The highest BCUT2D eigenvalue weighted by molar-refractivity contribution is 5.67. The maximum absolute atomic E-state index is 11.6. The van der Waals surface area contributed by atoms with Gasteiger partial charge in [0.15, 0.2) is 5.82 Å². The minimum atomic E-state index is -0.430. The minimum absolute atomic E-state index is 0.0334. The lowest BCUT2D eigenvalue weighted by Crippen LogP contribution is -2.42. The molecule has 2 heterocycles. The van der Waals surface area contributed by atoms with Gasteiger partial charge >= 0.3 is 6.09 Å². The van der Waals surface area contributed by atoms with Gasteiger partial charge < -0.3 is 15.0 Å². The van der Waals surface area contributed by atoms with Gasteiger partial charge in [-0.2, -0.15) is 0 Å². The summed E-state index contributed by atoms with van der Waals surface area (Å²) in [6, 6.07) is 8.34. The van der Waals surface area contributed by atoms with Crippen molar-refractivity contribution in [3.8, 4) is 11.4 Å². The van der Waals surface area contributed by atoms with Gasteiger partial charge in [0.05, 0.1) is 12.0 Å². The lowest BCUT2D eigenvalue weighted by atomic mass is 10.1. The number of nitro benzene ring substituents is 1. The molecule has 0 bridgehead atoms. The first kappa shape index (κ1) is 19.5. The summed E-state index contributed by atoms with van der Waals surface area (Å²) >= 11 is 0. The van der Waals surface area contributed by atoms with E-state index in [-0.39, 0.29) is 17.8 Å². The molecule has 1 aromatic heterocycles. The highest BCUT2D eigenvalue weighted by atomic mass is 16.6. The number of piperidine rings is 1. The number of carbonyl (C=O) groups is 1. The summed E-state index contributed by atoms with van der Waals surface area (Å²) in [6.07, 6.45) is 2.05. The molecular weight excluding hydrogens is 362 g/mol. The van der Waals surface area contributed by atoms with Gasteiger partial charge in [-0.15, -0.1) is 0 Å². The van der Waals surface area contributed by atoms with Crippen molar-refractivity contribution in [1.29, 1.82) is 0 Å². The molecule has 0 unspecified atom stereocenters. The molecule has 28 heavy (non-hydrogen) atoms. The van der Waals surface area contributed by atoms with E-state index in [4.69, 9.17) is 4.74 Å². The summed E-state index contributed by atoms with van der Waals surface area (Å²) < 4.78 is 4.77. The van der Waals surface area contributed by atoms with E-state index in [9.17, 15) is 14.9 Å². The predicted molar refractivity (Wildman–Crippen MR) is 104 cm³/mol. The van der Waals surface area contributed by atoms with Crippen molar-refractivity contribution >= 4 is 17.6 Å². The monoisotopic (exact) mass is 385 g/mol. The Morgan fingerprint density at radius 1 is 1.29 bits per heavy atom. The Morgan fingerprint density at radius 2 is 1.96 bits per heavy atom. The highest BCUT2D eigenvalue weighted by Crippen LogP contribution is 2.23. The van der Waals surface area contributed by atoms with E-state index >= 15 is 0 Å². The topological polar surface area (TPSA) is 110 Å². The molecule has 0 radical (unpaired) electrons. The molecule has 1 aliphatic heterocycles. The number of carbonyl (C=O) groups excluding carboxylic acids is 1. The number of aromatic nitrogens is 2. The van der Waals surface area contributed by atoms with E-state index in [1.807, 2.05) is 13.0 Å². The van der Waals surface area contributed by atoms with Crippen molar-refractivity contribution in [3.63, 3.8) is 0 Å². The molecule has 9 heteroatoms. The number of likely N-dealkylation sites (tertiary alicyclic amines) is 1. The van der Waals surface area contributed by atoms with E-state index in [1.165, 1.54) is 19.2 Å². The third kappa shape index (κ3) is 4.54. The third-order valence-electron chi connectivity index (χ3n) is 4.76. The lowest BCUT2D eigenvalue weighted by Gasteiger charge is -2.31. The van der Waals surface area contributed by atoms with Crippen LogP contribution in [0.15, 0.2) is 30.3 Å². The van der Waals surface area contributed by atoms with Crippen LogP contribution in [0.5, 0.6) is 0 Å². The average molecular weight is 385 g/mol. The number of nitrogens with one attached hydrogen (secondary N) is 1. The van der Waals surface area contributed by atoms with Crippen LogP contribution in [-0.2, 0) is 11.2 Å². The number of rotatable bonds is 5. The molecule has 9 nitrogen and oxygen atoms in total. The number of methoxy groups -OCH3 is 1. The summed E-state index contributed by atoms with van der Waals surface area (Å²) in [5, 5.41) is 14.3. The normalized spacial score (nSPS) is 14.6. The Balaban J connectivity index is 1.74. The Bertz CT molecular complexity index is 848. The average Bonchev–Trinajstić information content (AvgIpc) is 2.73. The number of ether oxygens (including phenoxy) is 1. The second kappa shape index (κ2) is 8.64. The summed E-state index contributed by atoms with van der Waals surface area (Å²) in [5.74, 6) is 1.25. The second-order valence-corrected chi connectivity index (χ2v) is 6.60. The Morgan fingerprint density at radius 3 is 2.54 bits per heavy atom. The molecule has 1 fully saturated rings. The fraction of sp³-hybridized carbons (Fsp3) is 0.421. The quantitative estimate of drug-likeness (QED) is 0.621. The van der Waals surface area contributed by atoms with Crippen LogP contribution in [0.1, 0.15) is 25.5 Å². The lowest BCUT2D eigenvalue weighted by molar-refractivity contribution is -0.384. The van der Waals surface area contributed by atoms with Crippen LogP contribution in [0.2, 0.25) is 0 Å². The molecule has 1 aromatic carbocycles. The van der Waals surface area contributed by atoms with Crippen molar-refractivity contribution in [2.24, 2.45) is 0 Å². The summed E-state index contributed by atoms with van der Waals surface area (Å²) in [7, 11) is 1.39. The first-order valence-electron chi connectivity index (χ1n) is 9.22. The smallest absolute Gasteiger partial charge is 0.409 e. The molecule has 0 spiro atoms. The maximum Gasteiger partial charge on any atom is 0.409 e. The van der Waals surface area contributed by atoms with E-state index in [0.717, 1.165) is 36.3 Å². The Kier molecular flexibility index (Phi) is 6.03. The fourth-order valence-corrected chi connectivity index (χ4v) is 3.16. The molecular formula is C19H23N5O4. The highest BCUT2D eigenvalue weighted by Gasteiger charge is 2.23. The van der Waals surface area contributed by atoms with Crippen molar-refractivity contribution in [2.75, 3.05) is 25.5 Å². The molecule has 2 aromatic rings. The zero-order valence-electron chi connectivity index (χ0n) is 15.9. The first-order valence-corrected chi connectivity index (χ1v) is 9.22. The number of benzene rings is 1. The molecule has 148 valence electrons. The van der Waals surface area contributed by atoms with Crippen molar-refractivity contribution < 1.29 is 14.5 Å². The van der Waals surface area contributed by atoms with Crippen LogP contribution < -0.4 is 5.32 Å². The van der Waals surface area contributed by atoms with Crippen LogP contribution in [0.3, 0.4) is 0 Å². The molecule has 1 amide bonds. The Labute approximate surface area is 162 Å². The van der Waals surface area contributed by atoms with Crippen LogP contribution >= 0.6 is 0 Å². The van der Waals surface area contributed by atoms with Gasteiger partial charge in [-0.25, -0.2) is 14.8 Å². The molecule has 1 N–H and O–H groups in total. The van der Waals surface area contributed by atoms with Crippen molar-refractivity contribution in [1.82, 2.24) is 14.9 Å². The maximum atomic E-state index is 11.6. The van der Waals surface area contributed by atoms with E-state index in [0.29, 0.717) is 18.9 Å². The molecule has 0 atom stereocenters. The van der Waals surface area contributed by atoms with Crippen LogP contribution in [0.25, 0.3) is 11.4 Å². The number of amides is 1. The SMILES string of the molecule is CCc1cc(NC2CCN(C(=O)OC)CC2)nc(-c2ccc([N+](=O)[O-])cc2)n1. The van der Waals surface area contributed by atoms with Crippen molar-refractivity contribution in [2.45, 2.75) is 32.2 Å². The van der Waals surface area contributed by atoms with Gasteiger partial charge in [-0.3, -0.25) is 10.1 Å². The number of aryl methyl sites for hydroxylation is 1. The predicted octanol–water partition coefficient (Wildman–Crippen LogP) is 3.26. The van der Waals surface area contributed by atoms with Crippen LogP contribution in [-0.4, -0.2) is 52.1 Å². The largest absolute Gasteiger partial charge is 0.453 e. The number of nitrogens with zero attached hydrogens (tertiary/aromatic N) is 4. The van der Waals surface area contributed by atoms with Gasteiger partial charge in [-0.1, -0.05) is 6.92 Å². The Hall–Kier alpha value is -3.23. The zero-order chi connectivity index (χ0) is 20.1. The van der Waals surface area contributed by atoms with E-state index in [1.54, 1.807) is 17.0 Å². The van der Waals surface area contributed by atoms with Gasteiger partial charge in [0.25, 0.3) is 5.69 Å². The van der Waals surface area contributed by atoms with E-state index < -0.39 is 4.92 Å². The standard InChI is InChI=1S/C19H23N5O4/c1-3-14-12-17(20-15-8-10-23(11-9-15)19(25)28-2)22-18(21-14)13-4-6-16(7-5-13)24(26)27/h4-7,12,15H,3,8-11H2,1-2H3,(H,20,21,22). The second-order valence-electron chi connectivity index (χ2n) is 6.60. The van der Waals surface area contributed by atoms with Crippen LogP contribution in [0, 0.1) is 10.1 Å². The molecule has 0 aliphatic carbocycles. The van der Waals surface area contributed by atoms with Gasteiger partial charge in [0.2, 0.25) is 0 Å². The molecule has 1 aliphatic rings. The minimum Gasteiger partial charge on any atom is -0.453 e. The van der Waals surface area contributed by atoms with Gasteiger partial charge in [0.1, 0.15) is 5.82 Å². The number of anilines is 1. The molecule has 3 rings (SSSR count).